The molecule has 0 aliphatic heterocycles. The third-order valence-electron chi connectivity index (χ3n) is 1.35. The van der Waals surface area contributed by atoms with Crippen molar-refractivity contribution in [1.29, 1.82) is 0 Å². The second-order valence-corrected chi connectivity index (χ2v) is 4.99. The van der Waals surface area contributed by atoms with Crippen LogP contribution in [0, 0.1) is 0 Å². The molecule has 1 heterocycles. The van der Waals surface area contributed by atoms with Crippen LogP contribution >= 0.6 is 27.3 Å². The number of thiophene rings is 1. The standard InChI is InChI=1S/C7H7BrF3NS/c1-12(4-7(9,10)11)6-3-2-5(8)13-6/h2-3H,4H2,1H3. The van der Waals surface area contributed by atoms with Crippen LogP contribution < -0.4 is 4.90 Å². The lowest BCUT2D eigenvalue weighted by molar-refractivity contribution is -0.119. The van der Waals surface area contributed by atoms with E-state index in [1.165, 1.54) is 23.3 Å². The summed E-state index contributed by atoms with van der Waals surface area (Å²) in [7, 11) is 1.42. The zero-order valence-electron chi connectivity index (χ0n) is 6.73. The van der Waals surface area contributed by atoms with Crippen molar-refractivity contribution in [1.82, 2.24) is 0 Å². The Kier molecular flexibility index (Phi) is 3.23. The number of halogens is 4. The first-order valence-corrected chi connectivity index (χ1v) is 5.02. The van der Waals surface area contributed by atoms with Crippen molar-refractivity contribution in [2.75, 3.05) is 18.5 Å². The first kappa shape index (κ1) is 10.8. The van der Waals surface area contributed by atoms with Crippen LogP contribution in [-0.4, -0.2) is 19.8 Å². The Morgan fingerprint density at radius 3 is 2.46 bits per heavy atom. The Morgan fingerprint density at radius 1 is 1.46 bits per heavy atom. The lowest BCUT2D eigenvalue weighted by Gasteiger charge is -2.18. The van der Waals surface area contributed by atoms with Gasteiger partial charge in [0.05, 0.1) is 8.79 Å². The molecule has 0 bridgehead atoms. The Hall–Kier alpha value is -0.230. The highest BCUT2D eigenvalue weighted by Gasteiger charge is 2.29. The van der Waals surface area contributed by atoms with E-state index in [4.69, 9.17) is 0 Å². The van der Waals surface area contributed by atoms with Crippen molar-refractivity contribution in [2.24, 2.45) is 0 Å². The molecule has 0 amide bonds. The van der Waals surface area contributed by atoms with Crippen LogP contribution in [0.3, 0.4) is 0 Å². The normalized spacial score (nSPS) is 11.8. The van der Waals surface area contributed by atoms with Crippen molar-refractivity contribution in [3.8, 4) is 0 Å². The molecule has 0 aromatic carbocycles. The maximum atomic E-state index is 11.9. The molecule has 0 aliphatic carbocycles. The summed E-state index contributed by atoms with van der Waals surface area (Å²) in [5.41, 5.74) is 0. The van der Waals surface area contributed by atoms with Crippen molar-refractivity contribution < 1.29 is 13.2 Å². The van der Waals surface area contributed by atoms with Crippen LogP contribution in [0.4, 0.5) is 18.2 Å². The quantitative estimate of drug-likeness (QED) is 0.797. The highest BCUT2D eigenvalue weighted by Crippen LogP contribution is 2.30. The number of nitrogens with zero attached hydrogens (tertiary/aromatic N) is 1. The van der Waals surface area contributed by atoms with Crippen molar-refractivity contribution in [3.05, 3.63) is 15.9 Å². The minimum Gasteiger partial charge on any atom is -0.357 e. The van der Waals surface area contributed by atoms with E-state index in [0.29, 0.717) is 5.00 Å². The first-order valence-electron chi connectivity index (χ1n) is 3.42. The maximum absolute atomic E-state index is 11.9. The van der Waals surface area contributed by atoms with Crippen molar-refractivity contribution >= 4 is 32.3 Å². The van der Waals surface area contributed by atoms with Gasteiger partial charge in [0, 0.05) is 7.05 Å². The third-order valence-corrected chi connectivity index (χ3v) is 3.09. The van der Waals surface area contributed by atoms with Gasteiger partial charge in [0.15, 0.2) is 0 Å². The van der Waals surface area contributed by atoms with Gasteiger partial charge in [-0.1, -0.05) is 0 Å². The van der Waals surface area contributed by atoms with E-state index in [1.807, 2.05) is 0 Å². The second kappa shape index (κ2) is 3.88. The average molecular weight is 274 g/mol. The Balaban J connectivity index is 2.64. The maximum Gasteiger partial charge on any atom is 0.405 e. The largest absolute Gasteiger partial charge is 0.405 e. The summed E-state index contributed by atoms with van der Waals surface area (Å²) < 4.78 is 36.7. The smallest absolute Gasteiger partial charge is 0.357 e. The van der Waals surface area contributed by atoms with E-state index in [0.717, 1.165) is 3.79 Å². The van der Waals surface area contributed by atoms with Gasteiger partial charge in [0.25, 0.3) is 0 Å². The molecule has 0 N–H and O–H groups in total. The minimum absolute atomic E-state index is 0.601. The van der Waals surface area contributed by atoms with E-state index in [9.17, 15) is 13.2 Å². The van der Waals surface area contributed by atoms with Gasteiger partial charge in [-0.2, -0.15) is 13.2 Å². The van der Waals surface area contributed by atoms with E-state index in [2.05, 4.69) is 15.9 Å². The SMILES string of the molecule is CN(CC(F)(F)F)c1ccc(Br)s1. The molecular weight excluding hydrogens is 267 g/mol. The first-order chi connectivity index (χ1) is 5.88. The highest BCUT2D eigenvalue weighted by atomic mass is 79.9. The molecule has 0 saturated carbocycles. The molecular formula is C7H7BrF3NS. The molecule has 0 atom stereocenters. The molecule has 13 heavy (non-hydrogen) atoms. The van der Waals surface area contributed by atoms with Gasteiger partial charge in [0.2, 0.25) is 0 Å². The average Bonchev–Trinajstić information content (AvgIpc) is 2.31. The summed E-state index contributed by atoms with van der Waals surface area (Å²) in [6, 6.07) is 3.38. The van der Waals surface area contributed by atoms with Gasteiger partial charge in [-0.05, 0) is 28.1 Å². The third kappa shape index (κ3) is 3.56. The lowest BCUT2D eigenvalue weighted by atomic mass is 10.5. The number of hydrogen-bond donors (Lipinski definition) is 0. The molecule has 0 saturated heterocycles. The lowest BCUT2D eigenvalue weighted by Crippen LogP contribution is -2.30. The van der Waals surface area contributed by atoms with Gasteiger partial charge in [0.1, 0.15) is 6.54 Å². The minimum atomic E-state index is -4.15. The molecule has 0 spiro atoms. The molecule has 0 aliphatic rings. The topological polar surface area (TPSA) is 3.24 Å². The van der Waals surface area contributed by atoms with E-state index in [-0.39, 0.29) is 0 Å². The van der Waals surface area contributed by atoms with E-state index in [1.54, 1.807) is 12.1 Å². The molecule has 0 fully saturated rings. The molecule has 0 radical (unpaired) electrons. The fourth-order valence-electron chi connectivity index (χ4n) is 0.857. The van der Waals surface area contributed by atoms with Gasteiger partial charge >= 0.3 is 6.18 Å². The van der Waals surface area contributed by atoms with Crippen LogP contribution in [0.25, 0.3) is 0 Å². The highest BCUT2D eigenvalue weighted by molar-refractivity contribution is 9.11. The summed E-state index contributed by atoms with van der Waals surface area (Å²) in [6.07, 6.45) is -4.15. The monoisotopic (exact) mass is 273 g/mol. The zero-order chi connectivity index (χ0) is 10.1. The van der Waals surface area contributed by atoms with Crippen LogP contribution in [0.5, 0.6) is 0 Å². The molecule has 74 valence electrons. The summed E-state index contributed by atoms with van der Waals surface area (Å²) in [5, 5.41) is 0.601. The van der Waals surface area contributed by atoms with Crippen molar-refractivity contribution in [2.45, 2.75) is 6.18 Å². The fourth-order valence-corrected chi connectivity index (χ4v) is 2.18. The van der Waals surface area contributed by atoms with E-state index >= 15 is 0 Å². The van der Waals surface area contributed by atoms with Gasteiger partial charge < -0.3 is 4.90 Å². The van der Waals surface area contributed by atoms with Crippen LogP contribution in [-0.2, 0) is 0 Å². The molecule has 1 aromatic heterocycles. The summed E-state index contributed by atoms with van der Waals surface area (Å²) >= 11 is 4.47. The van der Waals surface area contributed by atoms with Crippen LogP contribution in [0.15, 0.2) is 15.9 Å². The second-order valence-electron chi connectivity index (χ2n) is 2.55. The predicted octanol–water partition coefficient (Wildman–Crippen LogP) is 3.51. The number of rotatable bonds is 2. The Labute approximate surface area is 86.3 Å². The summed E-state index contributed by atoms with van der Waals surface area (Å²) in [6.45, 7) is -0.917. The molecule has 1 aromatic rings. The van der Waals surface area contributed by atoms with Gasteiger partial charge in [-0.25, -0.2) is 0 Å². The Bertz CT molecular complexity index is 284. The molecule has 1 nitrogen and oxygen atoms in total. The summed E-state index contributed by atoms with van der Waals surface area (Å²) in [4.78, 5) is 1.18. The predicted molar refractivity (Wildman–Crippen MR) is 51.3 cm³/mol. The number of hydrogen-bond acceptors (Lipinski definition) is 2. The molecule has 6 heteroatoms. The zero-order valence-corrected chi connectivity index (χ0v) is 9.13. The van der Waals surface area contributed by atoms with E-state index < -0.39 is 12.7 Å². The Morgan fingerprint density at radius 2 is 2.08 bits per heavy atom. The number of alkyl halides is 3. The van der Waals surface area contributed by atoms with Gasteiger partial charge in [-0.15, -0.1) is 11.3 Å². The molecule has 0 unspecified atom stereocenters. The van der Waals surface area contributed by atoms with Crippen molar-refractivity contribution in [3.63, 3.8) is 0 Å². The fraction of sp³-hybridized carbons (Fsp3) is 0.429. The number of anilines is 1. The van der Waals surface area contributed by atoms with Gasteiger partial charge in [-0.3, -0.25) is 0 Å². The van der Waals surface area contributed by atoms with Crippen LogP contribution in [0.2, 0.25) is 0 Å². The van der Waals surface area contributed by atoms with Crippen LogP contribution in [0.1, 0.15) is 0 Å². The molecule has 1 rings (SSSR count). The summed E-state index contributed by atoms with van der Waals surface area (Å²) in [5.74, 6) is 0.